The summed E-state index contributed by atoms with van der Waals surface area (Å²) in [4.78, 5) is 11.7. The standard InChI is InChI=1S/C21H17F3N4/c22-21(23,24)16-3-1-2-13(10-16)11-17(25)20-27-18-5-4-15(12-19(18)28-20)14-6-8-26-9-7-14/h1-10,12,17H,11,25H2,(H,27,28)/t17-/m1/s1. The van der Waals surface area contributed by atoms with Crippen molar-refractivity contribution in [3.05, 3.63) is 83.9 Å². The summed E-state index contributed by atoms with van der Waals surface area (Å²) in [6, 6.07) is 14.3. The molecule has 0 spiro atoms. The number of fused-ring (bicyclic) bond motifs is 1. The highest BCUT2D eigenvalue weighted by Gasteiger charge is 2.30. The number of hydrogen-bond donors (Lipinski definition) is 2. The second-order valence-electron chi connectivity index (χ2n) is 6.60. The van der Waals surface area contributed by atoms with E-state index in [0.29, 0.717) is 11.4 Å². The molecule has 2 aromatic heterocycles. The van der Waals surface area contributed by atoms with Crippen LogP contribution in [0.15, 0.2) is 67.0 Å². The van der Waals surface area contributed by atoms with Crippen LogP contribution in [0.1, 0.15) is 23.0 Å². The number of hydrogen-bond acceptors (Lipinski definition) is 3. The van der Waals surface area contributed by atoms with E-state index >= 15 is 0 Å². The van der Waals surface area contributed by atoms with Gasteiger partial charge >= 0.3 is 6.18 Å². The van der Waals surface area contributed by atoms with Gasteiger partial charge in [-0.05, 0) is 53.4 Å². The fourth-order valence-corrected chi connectivity index (χ4v) is 3.15. The van der Waals surface area contributed by atoms with Gasteiger partial charge in [-0.25, -0.2) is 4.98 Å². The Morgan fingerprint density at radius 3 is 2.50 bits per heavy atom. The van der Waals surface area contributed by atoms with Crippen LogP contribution in [0.2, 0.25) is 0 Å². The minimum absolute atomic E-state index is 0.251. The van der Waals surface area contributed by atoms with E-state index in [-0.39, 0.29) is 6.42 Å². The molecule has 0 saturated heterocycles. The predicted octanol–water partition coefficient (Wildman–Crippen LogP) is 4.89. The number of nitrogens with zero attached hydrogens (tertiary/aromatic N) is 2. The molecule has 0 saturated carbocycles. The van der Waals surface area contributed by atoms with Crippen molar-refractivity contribution in [2.45, 2.75) is 18.6 Å². The zero-order valence-corrected chi connectivity index (χ0v) is 14.7. The van der Waals surface area contributed by atoms with Crippen LogP contribution in [0.3, 0.4) is 0 Å². The number of benzene rings is 2. The summed E-state index contributed by atoms with van der Waals surface area (Å²) < 4.78 is 38.7. The number of alkyl halides is 3. The van der Waals surface area contributed by atoms with E-state index in [1.807, 2.05) is 30.3 Å². The molecule has 4 aromatic rings. The molecule has 0 aliphatic heterocycles. The number of nitrogens with one attached hydrogen (secondary N) is 1. The number of nitrogens with two attached hydrogens (primary N) is 1. The van der Waals surface area contributed by atoms with Crippen LogP contribution in [-0.4, -0.2) is 15.0 Å². The third-order valence-electron chi connectivity index (χ3n) is 4.57. The molecule has 0 aliphatic rings. The Balaban J connectivity index is 1.59. The number of aromatic amines is 1. The summed E-state index contributed by atoms with van der Waals surface area (Å²) in [6.45, 7) is 0. The molecule has 0 bridgehead atoms. The molecule has 142 valence electrons. The summed E-state index contributed by atoms with van der Waals surface area (Å²) in [7, 11) is 0. The zero-order valence-electron chi connectivity index (χ0n) is 14.7. The van der Waals surface area contributed by atoms with E-state index in [1.54, 1.807) is 18.5 Å². The first-order chi connectivity index (χ1) is 13.4. The van der Waals surface area contributed by atoms with Crippen molar-refractivity contribution in [2.75, 3.05) is 0 Å². The molecule has 0 amide bonds. The number of rotatable bonds is 4. The smallest absolute Gasteiger partial charge is 0.341 e. The molecule has 3 N–H and O–H groups in total. The van der Waals surface area contributed by atoms with Gasteiger partial charge in [-0.1, -0.05) is 24.3 Å². The van der Waals surface area contributed by atoms with Crippen molar-refractivity contribution in [2.24, 2.45) is 5.73 Å². The first-order valence-electron chi connectivity index (χ1n) is 8.72. The van der Waals surface area contributed by atoms with E-state index in [2.05, 4.69) is 15.0 Å². The summed E-state index contributed by atoms with van der Waals surface area (Å²) in [5.41, 5.74) is 9.67. The van der Waals surface area contributed by atoms with Gasteiger partial charge in [0.25, 0.3) is 0 Å². The first-order valence-corrected chi connectivity index (χ1v) is 8.72. The lowest BCUT2D eigenvalue weighted by molar-refractivity contribution is -0.137. The maximum atomic E-state index is 12.9. The number of aromatic nitrogens is 3. The van der Waals surface area contributed by atoms with E-state index < -0.39 is 17.8 Å². The lowest BCUT2D eigenvalue weighted by Gasteiger charge is -2.11. The minimum Gasteiger partial charge on any atom is -0.341 e. The van der Waals surface area contributed by atoms with Crippen molar-refractivity contribution in [3.63, 3.8) is 0 Å². The average molecular weight is 382 g/mol. The highest BCUT2D eigenvalue weighted by Crippen LogP contribution is 2.30. The van der Waals surface area contributed by atoms with Gasteiger partial charge in [-0.3, -0.25) is 4.98 Å². The first kappa shape index (κ1) is 18.2. The number of halogens is 3. The normalized spacial score (nSPS) is 13.0. The van der Waals surface area contributed by atoms with Crippen LogP contribution < -0.4 is 5.73 Å². The Morgan fingerprint density at radius 2 is 1.75 bits per heavy atom. The summed E-state index contributed by atoms with van der Waals surface area (Å²) in [6.07, 6.45) is -0.671. The second kappa shape index (κ2) is 7.09. The summed E-state index contributed by atoms with van der Waals surface area (Å²) in [5, 5.41) is 0. The van der Waals surface area contributed by atoms with Gasteiger partial charge < -0.3 is 10.7 Å². The maximum Gasteiger partial charge on any atom is 0.416 e. The fraction of sp³-hybridized carbons (Fsp3) is 0.143. The van der Waals surface area contributed by atoms with Crippen LogP contribution in [0, 0.1) is 0 Å². The zero-order chi connectivity index (χ0) is 19.7. The molecule has 0 fully saturated rings. The molecule has 0 unspecified atom stereocenters. The number of H-pyrrole nitrogens is 1. The Labute approximate surface area is 159 Å². The quantitative estimate of drug-likeness (QED) is 0.528. The van der Waals surface area contributed by atoms with Crippen molar-refractivity contribution >= 4 is 11.0 Å². The molecule has 1 atom stereocenters. The van der Waals surface area contributed by atoms with Gasteiger partial charge in [0.15, 0.2) is 0 Å². The molecular formula is C21H17F3N4. The lowest BCUT2D eigenvalue weighted by atomic mass is 10.0. The Bertz CT molecular complexity index is 1100. The average Bonchev–Trinajstić information content (AvgIpc) is 3.12. The van der Waals surface area contributed by atoms with Crippen molar-refractivity contribution in [3.8, 4) is 11.1 Å². The van der Waals surface area contributed by atoms with E-state index in [9.17, 15) is 13.2 Å². The van der Waals surface area contributed by atoms with Crippen LogP contribution >= 0.6 is 0 Å². The monoisotopic (exact) mass is 382 g/mol. The minimum atomic E-state index is -4.37. The summed E-state index contributed by atoms with van der Waals surface area (Å²) >= 11 is 0. The van der Waals surface area contributed by atoms with Crippen molar-refractivity contribution in [1.82, 2.24) is 15.0 Å². The molecule has 28 heavy (non-hydrogen) atoms. The van der Waals surface area contributed by atoms with Gasteiger partial charge in [-0.2, -0.15) is 13.2 Å². The molecule has 2 aromatic carbocycles. The number of imidazole rings is 1. The van der Waals surface area contributed by atoms with Gasteiger partial charge in [0.1, 0.15) is 5.82 Å². The fourth-order valence-electron chi connectivity index (χ4n) is 3.15. The third-order valence-corrected chi connectivity index (χ3v) is 4.57. The molecule has 4 rings (SSSR count). The van der Waals surface area contributed by atoms with Gasteiger partial charge in [0.2, 0.25) is 0 Å². The number of pyridine rings is 1. The topological polar surface area (TPSA) is 67.6 Å². The molecular weight excluding hydrogens is 365 g/mol. The highest BCUT2D eigenvalue weighted by molar-refractivity contribution is 5.82. The Hall–Kier alpha value is -3.19. The van der Waals surface area contributed by atoms with E-state index in [1.165, 1.54) is 6.07 Å². The third kappa shape index (κ3) is 3.75. The van der Waals surface area contributed by atoms with Crippen LogP contribution in [0.5, 0.6) is 0 Å². The molecule has 0 radical (unpaired) electrons. The Kier molecular flexibility index (Phi) is 4.60. The molecule has 0 aliphatic carbocycles. The largest absolute Gasteiger partial charge is 0.416 e. The van der Waals surface area contributed by atoms with Gasteiger partial charge in [0, 0.05) is 12.4 Å². The lowest BCUT2D eigenvalue weighted by Crippen LogP contribution is -2.15. The molecule has 2 heterocycles. The van der Waals surface area contributed by atoms with Gasteiger partial charge in [-0.15, -0.1) is 0 Å². The van der Waals surface area contributed by atoms with Crippen LogP contribution in [0.25, 0.3) is 22.2 Å². The highest BCUT2D eigenvalue weighted by atomic mass is 19.4. The molecule has 4 nitrogen and oxygen atoms in total. The SMILES string of the molecule is N[C@H](Cc1cccc(C(F)(F)F)c1)c1nc2ccc(-c3ccncc3)cc2[nH]1. The van der Waals surface area contributed by atoms with Gasteiger partial charge in [0.05, 0.1) is 22.6 Å². The van der Waals surface area contributed by atoms with Crippen LogP contribution in [0.4, 0.5) is 13.2 Å². The summed E-state index contributed by atoms with van der Waals surface area (Å²) in [5.74, 6) is 0.541. The van der Waals surface area contributed by atoms with Crippen LogP contribution in [-0.2, 0) is 12.6 Å². The van der Waals surface area contributed by atoms with E-state index in [0.717, 1.165) is 34.3 Å². The van der Waals surface area contributed by atoms with Crippen molar-refractivity contribution in [1.29, 1.82) is 0 Å². The molecule has 7 heteroatoms. The van der Waals surface area contributed by atoms with E-state index in [4.69, 9.17) is 5.73 Å². The second-order valence-corrected chi connectivity index (χ2v) is 6.60. The van der Waals surface area contributed by atoms with Crippen molar-refractivity contribution < 1.29 is 13.2 Å². The predicted molar refractivity (Wildman–Crippen MR) is 101 cm³/mol. The maximum absolute atomic E-state index is 12.9. The Morgan fingerprint density at radius 1 is 0.964 bits per heavy atom.